The van der Waals surface area contributed by atoms with Crippen molar-refractivity contribution >= 4 is 0 Å². The molecule has 0 amide bonds. The largest absolute Gasteiger partial charge is 0.497 e. The summed E-state index contributed by atoms with van der Waals surface area (Å²) in [6.07, 6.45) is 4.26. The van der Waals surface area contributed by atoms with Gasteiger partial charge in [0.2, 0.25) is 0 Å². The number of rotatable bonds is 3. The Morgan fingerprint density at radius 3 is 2.31 bits per heavy atom. The van der Waals surface area contributed by atoms with E-state index in [-0.39, 0.29) is 0 Å². The third-order valence-electron chi connectivity index (χ3n) is 2.12. The van der Waals surface area contributed by atoms with Crippen LogP contribution in [-0.2, 0) is 0 Å². The molecule has 13 heavy (non-hydrogen) atoms. The van der Waals surface area contributed by atoms with E-state index in [4.69, 9.17) is 4.74 Å². The molecule has 0 spiro atoms. The normalized spacial score (nSPS) is 13.2. The molecule has 1 rings (SSSR count). The number of benzene rings is 1. The van der Waals surface area contributed by atoms with E-state index in [2.05, 4.69) is 31.2 Å². The van der Waals surface area contributed by atoms with Crippen LogP contribution in [0.3, 0.4) is 0 Å². The third kappa shape index (κ3) is 2.62. The summed E-state index contributed by atoms with van der Waals surface area (Å²) in [5.74, 6) is 1.40. The Labute approximate surface area is 80.0 Å². The number of allylic oxidation sites excluding steroid dienone is 2. The first-order valence-electron chi connectivity index (χ1n) is 4.54. The molecule has 1 nitrogen and oxygen atoms in total. The molecule has 0 aliphatic heterocycles. The van der Waals surface area contributed by atoms with Crippen molar-refractivity contribution in [3.8, 4) is 5.75 Å². The van der Waals surface area contributed by atoms with Crippen LogP contribution in [0.5, 0.6) is 5.75 Å². The second-order valence-electron chi connectivity index (χ2n) is 3.09. The van der Waals surface area contributed by atoms with Crippen molar-refractivity contribution in [3.63, 3.8) is 0 Å². The SMILES string of the molecule is CC=CC(C)c1ccc(OC)cc1. The maximum atomic E-state index is 5.09. The van der Waals surface area contributed by atoms with Gasteiger partial charge in [-0.05, 0) is 30.5 Å². The average molecular weight is 176 g/mol. The zero-order valence-electron chi connectivity index (χ0n) is 8.45. The zero-order valence-corrected chi connectivity index (χ0v) is 8.45. The molecule has 0 saturated heterocycles. The lowest BCUT2D eigenvalue weighted by Crippen LogP contribution is -1.89. The maximum Gasteiger partial charge on any atom is 0.118 e. The first-order valence-corrected chi connectivity index (χ1v) is 4.54. The molecule has 0 aromatic heterocycles. The van der Waals surface area contributed by atoms with Gasteiger partial charge in [0.25, 0.3) is 0 Å². The minimum absolute atomic E-state index is 0.482. The summed E-state index contributed by atoms with van der Waals surface area (Å²) in [7, 11) is 1.68. The highest BCUT2D eigenvalue weighted by Gasteiger charge is 2.00. The Morgan fingerprint density at radius 2 is 1.85 bits per heavy atom. The predicted molar refractivity (Wildman–Crippen MR) is 56.2 cm³/mol. The molecular weight excluding hydrogens is 160 g/mol. The van der Waals surface area contributed by atoms with Gasteiger partial charge in [-0.2, -0.15) is 0 Å². The molecule has 0 N–H and O–H groups in total. The van der Waals surface area contributed by atoms with Crippen LogP contribution in [0.2, 0.25) is 0 Å². The minimum atomic E-state index is 0.482. The van der Waals surface area contributed by atoms with Crippen LogP contribution in [-0.4, -0.2) is 7.11 Å². The van der Waals surface area contributed by atoms with Gasteiger partial charge in [-0.25, -0.2) is 0 Å². The molecule has 0 heterocycles. The van der Waals surface area contributed by atoms with Crippen LogP contribution in [0.15, 0.2) is 36.4 Å². The van der Waals surface area contributed by atoms with E-state index in [0.29, 0.717) is 5.92 Å². The topological polar surface area (TPSA) is 9.23 Å². The number of hydrogen-bond acceptors (Lipinski definition) is 1. The van der Waals surface area contributed by atoms with Crippen molar-refractivity contribution < 1.29 is 4.74 Å². The summed E-state index contributed by atoms with van der Waals surface area (Å²) in [5.41, 5.74) is 1.32. The fourth-order valence-corrected chi connectivity index (χ4v) is 1.31. The second kappa shape index (κ2) is 4.70. The molecule has 1 atom stereocenters. The highest BCUT2D eigenvalue weighted by molar-refractivity contribution is 5.30. The monoisotopic (exact) mass is 176 g/mol. The molecule has 1 unspecified atom stereocenters. The number of methoxy groups -OCH3 is 1. The summed E-state index contributed by atoms with van der Waals surface area (Å²) in [6.45, 7) is 4.22. The zero-order chi connectivity index (χ0) is 9.68. The van der Waals surface area contributed by atoms with Crippen LogP contribution in [0, 0.1) is 0 Å². The molecule has 0 aliphatic rings. The molecule has 0 aliphatic carbocycles. The van der Waals surface area contributed by atoms with Gasteiger partial charge < -0.3 is 4.74 Å². The van der Waals surface area contributed by atoms with Gasteiger partial charge in [-0.15, -0.1) is 0 Å². The van der Waals surface area contributed by atoms with E-state index < -0.39 is 0 Å². The molecule has 0 radical (unpaired) electrons. The summed E-state index contributed by atoms with van der Waals surface area (Å²) in [5, 5.41) is 0. The van der Waals surface area contributed by atoms with Crippen molar-refractivity contribution in [2.75, 3.05) is 7.11 Å². The second-order valence-corrected chi connectivity index (χ2v) is 3.09. The van der Waals surface area contributed by atoms with Crippen LogP contribution in [0.1, 0.15) is 25.3 Å². The Morgan fingerprint density at radius 1 is 1.23 bits per heavy atom. The fraction of sp³-hybridized carbons (Fsp3) is 0.333. The van der Waals surface area contributed by atoms with Crippen molar-refractivity contribution in [1.82, 2.24) is 0 Å². The van der Waals surface area contributed by atoms with Gasteiger partial charge in [0, 0.05) is 0 Å². The summed E-state index contributed by atoms with van der Waals surface area (Å²) in [6, 6.07) is 8.19. The van der Waals surface area contributed by atoms with E-state index in [1.54, 1.807) is 7.11 Å². The van der Waals surface area contributed by atoms with E-state index in [1.807, 2.05) is 19.1 Å². The Balaban J connectivity index is 2.79. The smallest absolute Gasteiger partial charge is 0.118 e. The summed E-state index contributed by atoms with van der Waals surface area (Å²) < 4.78 is 5.09. The summed E-state index contributed by atoms with van der Waals surface area (Å²) >= 11 is 0. The van der Waals surface area contributed by atoms with Crippen LogP contribution in [0.25, 0.3) is 0 Å². The Bertz CT molecular complexity index is 272. The molecule has 1 aromatic carbocycles. The van der Waals surface area contributed by atoms with Crippen LogP contribution < -0.4 is 4.74 Å². The lowest BCUT2D eigenvalue weighted by atomic mass is 10.0. The molecule has 0 fully saturated rings. The highest BCUT2D eigenvalue weighted by atomic mass is 16.5. The van der Waals surface area contributed by atoms with Gasteiger partial charge in [-0.1, -0.05) is 31.2 Å². The van der Waals surface area contributed by atoms with Gasteiger partial charge in [-0.3, -0.25) is 0 Å². The summed E-state index contributed by atoms with van der Waals surface area (Å²) in [4.78, 5) is 0. The number of ether oxygens (including phenoxy) is 1. The molecule has 1 heteroatoms. The van der Waals surface area contributed by atoms with Gasteiger partial charge in [0.1, 0.15) is 5.75 Å². The first-order chi connectivity index (χ1) is 6.27. The van der Waals surface area contributed by atoms with E-state index >= 15 is 0 Å². The molecule has 0 bridgehead atoms. The third-order valence-corrected chi connectivity index (χ3v) is 2.12. The lowest BCUT2D eigenvalue weighted by Gasteiger charge is -2.07. The molecular formula is C12H16O. The van der Waals surface area contributed by atoms with Gasteiger partial charge >= 0.3 is 0 Å². The highest BCUT2D eigenvalue weighted by Crippen LogP contribution is 2.19. The fourth-order valence-electron chi connectivity index (χ4n) is 1.31. The lowest BCUT2D eigenvalue weighted by molar-refractivity contribution is 0.414. The minimum Gasteiger partial charge on any atom is -0.497 e. The van der Waals surface area contributed by atoms with Gasteiger partial charge in [0.15, 0.2) is 0 Å². The predicted octanol–water partition coefficient (Wildman–Crippen LogP) is 3.37. The Kier molecular flexibility index (Phi) is 3.56. The van der Waals surface area contributed by atoms with Gasteiger partial charge in [0.05, 0.1) is 7.11 Å². The van der Waals surface area contributed by atoms with E-state index in [9.17, 15) is 0 Å². The molecule has 70 valence electrons. The quantitative estimate of drug-likeness (QED) is 0.641. The molecule has 0 saturated carbocycles. The van der Waals surface area contributed by atoms with Crippen molar-refractivity contribution in [3.05, 3.63) is 42.0 Å². The standard InChI is InChI=1S/C12H16O/c1-4-5-10(2)11-6-8-12(13-3)9-7-11/h4-10H,1-3H3. The van der Waals surface area contributed by atoms with Crippen LogP contribution >= 0.6 is 0 Å². The number of hydrogen-bond donors (Lipinski definition) is 0. The van der Waals surface area contributed by atoms with E-state index in [0.717, 1.165) is 5.75 Å². The molecule has 1 aromatic rings. The van der Waals surface area contributed by atoms with E-state index in [1.165, 1.54) is 5.56 Å². The van der Waals surface area contributed by atoms with Crippen molar-refractivity contribution in [2.45, 2.75) is 19.8 Å². The van der Waals surface area contributed by atoms with Crippen molar-refractivity contribution in [2.24, 2.45) is 0 Å². The van der Waals surface area contributed by atoms with Crippen LogP contribution in [0.4, 0.5) is 0 Å². The Hall–Kier alpha value is -1.24. The van der Waals surface area contributed by atoms with Crippen molar-refractivity contribution in [1.29, 1.82) is 0 Å². The maximum absolute atomic E-state index is 5.09. The first kappa shape index (κ1) is 9.85. The average Bonchev–Trinajstić information content (AvgIpc) is 2.18.